The molecule has 0 aliphatic carbocycles. The Morgan fingerprint density at radius 2 is 1.63 bits per heavy atom. The van der Waals surface area contributed by atoms with Crippen LogP contribution in [-0.2, 0) is 20.3 Å². The molecule has 136 valence electrons. The molecule has 2 aromatic carbocycles. The number of rotatable bonds is 4. The van der Waals surface area contributed by atoms with Crippen LogP contribution in [0.15, 0.2) is 65.5 Å². The predicted molar refractivity (Wildman–Crippen MR) is 105 cm³/mol. The smallest absolute Gasteiger partial charge is 0.213 e. The van der Waals surface area contributed by atoms with Crippen molar-refractivity contribution in [3.8, 4) is 22.4 Å². The summed E-state index contributed by atoms with van der Waals surface area (Å²) in [7, 11) is 2.05. The molecule has 4 aromatic rings. The van der Waals surface area contributed by atoms with E-state index in [0.717, 1.165) is 50.0 Å². The minimum Gasteiger partial charge on any atom is -0.472 e. The van der Waals surface area contributed by atoms with E-state index in [9.17, 15) is 10.2 Å². The molecule has 0 fully saturated rings. The molecule has 0 amide bonds. The van der Waals surface area contributed by atoms with E-state index < -0.39 is 0 Å². The highest BCUT2D eigenvalue weighted by atomic mass is 16.3. The number of aryl methyl sites for hydroxylation is 1. The zero-order valence-corrected chi connectivity index (χ0v) is 15.4. The molecule has 0 atom stereocenters. The van der Waals surface area contributed by atoms with Gasteiger partial charge in [0.15, 0.2) is 5.69 Å². The van der Waals surface area contributed by atoms with E-state index in [0.29, 0.717) is 0 Å². The van der Waals surface area contributed by atoms with E-state index >= 15 is 0 Å². The van der Waals surface area contributed by atoms with Gasteiger partial charge in [0.05, 0.1) is 25.7 Å². The molecule has 2 aromatic heterocycles. The molecule has 27 heavy (non-hydrogen) atoms. The summed E-state index contributed by atoms with van der Waals surface area (Å²) in [4.78, 5) is 0. The average Bonchev–Trinajstić information content (AvgIpc) is 3.24. The summed E-state index contributed by atoms with van der Waals surface area (Å²) in [6.07, 6.45) is 3.42. The molecule has 0 spiro atoms. The van der Waals surface area contributed by atoms with Crippen molar-refractivity contribution in [1.29, 1.82) is 0 Å². The third kappa shape index (κ3) is 3.03. The maximum absolute atomic E-state index is 9.64. The number of fused-ring (bicyclic) bond motifs is 1. The lowest BCUT2D eigenvalue weighted by molar-refractivity contribution is -0.665. The van der Waals surface area contributed by atoms with E-state index in [2.05, 4.69) is 35.8 Å². The molecule has 2 N–H and O–H groups in total. The van der Waals surface area contributed by atoms with Crippen LogP contribution < -0.4 is 4.57 Å². The average molecular weight is 360 g/mol. The van der Waals surface area contributed by atoms with Gasteiger partial charge in [-0.15, -0.1) is 0 Å². The number of benzene rings is 2. The minimum atomic E-state index is -0.0861. The quantitative estimate of drug-likeness (QED) is 0.543. The molecule has 0 radical (unpaired) electrons. The van der Waals surface area contributed by atoms with Crippen LogP contribution >= 0.6 is 0 Å². The lowest BCUT2D eigenvalue weighted by atomic mass is 9.97. The second-order valence-corrected chi connectivity index (χ2v) is 6.79. The minimum absolute atomic E-state index is 0.0799. The lowest BCUT2D eigenvalue weighted by Crippen LogP contribution is -2.35. The second-order valence-electron chi connectivity index (χ2n) is 6.79. The summed E-state index contributed by atoms with van der Waals surface area (Å²) in [6.45, 7) is 1.91. The van der Waals surface area contributed by atoms with E-state index in [1.165, 1.54) is 0 Å². The van der Waals surface area contributed by atoms with Crippen molar-refractivity contribution in [2.45, 2.75) is 20.1 Å². The van der Waals surface area contributed by atoms with Gasteiger partial charge in [0.1, 0.15) is 7.05 Å². The Morgan fingerprint density at radius 3 is 2.33 bits per heavy atom. The molecule has 0 saturated heterocycles. The van der Waals surface area contributed by atoms with Gasteiger partial charge >= 0.3 is 0 Å². The van der Waals surface area contributed by atoms with Gasteiger partial charge in [0.2, 0.25) is 5.69 Å². The van der Waals surface area contributed by atoms with E-state index in [1.54, 1.807) is 12.5 Å². The van der Waals surface area contributed by atoms with Crippen molar-refractivity contribution < 1.29 is 19.2 Å². The van der Waals surface area contributed by atoms with Gasteiger partial charge in [-0.25, -0.2) is 0 Å². The fourth-order valence-corrected chi connectivity index (χ4v) is 3.60. The predicted octanol–water partition coefficient (Wildman–Crippen LogP) is 3.88. The molecule has 4 rings (SSSR count). The van der Waals surface area contributed by atoms with E-state index in [-0.39, 0.29) is 13.2 Å². The van der Waals surface area contributed by atoms with Crippen LogP contribution in [0.5, 0.6) is 0 Å². The molecular weight excluding hydrogens is 338 g/mol. The van der Waals surface area contributed by atoms with Crippen molar-refractivity contribution in [2.75, 3.05) is 0 Å². The van der Waals surface area contributed by atoms with Crippen LogP contribution in [0.3, 0.4) is 0 Å². The summed E-state index contributed by atoms with van der Waals surface area (Å²) in [5.41, 5.74) is 6.98. The molecule has 0 saturated carbocycles. The summed E-state index contributed by atoms with van der Waals surface area (Å²) in [6, 6.07) is 16.4. The Kier molecular flexibility index (Phi) is 4.52. The summed E-state index contributed by atoms with van der Waals surface area (Å²) >= 11 is 0. The van der Waals surface area contributed by atoms with Gasteiger partial charge in [-0.2, -0.15) is 4.57 Å². The maximum Gasteiger partial charge on any atom is 0.213 e. The normalized spacial score (nSPS) is 11.3. The summed E-state index contributed by atoms with van der Waals surface area (Å²) in [5.74, 6) is 0. The third-order valence-corrected chi connectivity index (χ3v) is 5.27. The molecule has 0 aliphatic rings. The van der Waals surface area contributed by atoms with Gasteiger partial charge in [0, 0.05) is 29.5 Å². The van der Waals surface area contributed by atoms with E-state index in [1.807, 2.05) is 31.3 Å². The first-order valence-corrected chi connectivity index (χ1v) is 8.92. The van der Waals surface area contributed by atoms with Crippen molar-refractivity contribution in [3.63, 3.8) is 0 Å². The summed E-state index contributed by atoms with van der Waals surface area (Å²) < 4.78 is 7.38. The first kappa shape index (κ1) is 17.5. The standard InChI is InChI=1S/C23H22NO3/c1-15-22-10-21(13-26)20(12-25)9-19(22)11-23(24(15)2)17-5-3-4-16(8-17)18-6-7-27-14-18/h3-11,14,25-26H,12-13H2,1-2H3/q+1. The van der Waals surface area contributed by atoms with Gasteiger partial charge in [-0.1, -0.05) is 12.1 Å². The van der Waals surface area contributed by atoms with Gasteiger partial charge in [-0.3, -0.25) is 0 Å². The maximum atomic E-state index is 9.64. The van der Waals surface area contributed by atoms with Crippen molar-refractivity contribution >= 4 is 10.8 Å². The SMILES string of the molecule is Cc1c2cc(CO)c(CO)cc2cc(-c2cccc(-c3ccoc3)c2)[n+]1C. The number of aliphatic hydroxyl groups excluding tert-OH is 2. The van der Waals surface area contributed by atoms with Crippen LogP contribution in [0.4, 0.5) is 0 Å². The van der Waals surface area contributed by atoms with Crippen LogP contribution in [0, 0.1) is 6.92 Å². The molecule has 0 aliphatic heterocycles. The number of nitrogens with zero attached hydrogens (tertiary/aromatic N) is 1. The highest BCUT2D eigenvalue weighted by Gasteiger charge is 2.18. The van der Waals surface area contributed by atoms with Crippen LogP contribution in [0.1, 0.15) is 16.8 Å². The Balaban J connectivity index is 1.92. The Morgan fingerprint density at radius 1 is 0.889 bits per heavy atom. The lowest BCUT2D eigenvalue weighted by Gasteiger charge is -2.11. The van der Waals surface area contributed by atoms with Gasteiger partial charge in [-0.05, 0) is 52.4 Å². The Labute approximate surface area is 157 Å². The monoisotopic (exact) mass is 360 g/mol. The number of aromatic nitrogens is 1. The first-order chi connectivity index (χ1) is 13.1. The summed E-state index contributed by atoms with van der Waals surface area (Å²) in [5, 5.41) is 21.4. The molecule has 4 heteroatoms. The number of hydrogen-bond acceptors (Lipinski definition) is 3. The molecule has 0 unspecified atom stereocenters. The van der Waals surface area contributed by atoms with Crippen LogP contribution in [0.25, 0.3) is 33.2 Å². The number of furan rings is 1. The number of aliphatic hydroxyl groups is 2. The van der Waals surface area contributed by atoms with Gasteiger partial charge < -0.3 is 14.6 Å². The molecular formula is C23H22NO3+. The fourth-order valence-electron chi connectivity index (χ4n) is 3.60. The van der Waals surface area contributed by atoms with Crippen molar-refractivity contribution in [2.24, 2.45) is 7.05 Å². The third-order valence-electron chi connectivity index (χ3n) is 5.27. The molecule has 2 heterocycles. The zero-order chi connectivity index (χ0) is 19.0. The zero-order valence-electron chi connectivity index (χ0n) is 15.4. The molecule has 4 nitrogen and oxygen atoms in total. The van der Waals surface area contributed by atoms with Crippen LogP contribution in [-0.4, -0.2) is 10.2 Å². The molecule has 0 bridgehead atoms. The fraction of sp³-hybridized carbons (Fsp3) is 0.174. The highest BCUT2D eigenvalue weighted by molar-refractivity contribution is 5.88. The Hall–Kier alpha value is -2.95. The number of pyridine rings is 1. The van der Waals surface area contributed by atoms with E-state index in [4.69, 9.17) is 4.42 Å². The van der Waals surface area contributed by atoms with Crippen molar-refractivity contribution in [3.05, 3.63) is 77.9 Å². The Bertz CT molecular complexity index is 1110. The number of hydrogen-bond donors (Lipinski definition) is 2. The largest absolute Gasteiger partial charge is 0.472 e. The van der Waals surface area contributed by atoms with Crippen LogP contribution in [0.2, 0.25) is 0 Å². The topological polar surface area (TPSA) is 57.5 Å². The first-order valence-electron chi connectivity index (χ1n) is 8.92. The second kappa shape index (κ2) is 6.99. The van der Waals surface area contributed by atoms with Gasteiger partial charge in [0.25, 0.3) is 0 Å². The van der Waals surface area contributed by atoms with Crippen molar-refractivity contribution in [1.82, 2.24) is 0 Å². The highest BCUT2D eigenvalue weighted by Crippen LogP contribution is 2.29.